The molecule has 3 heteroatoms. The first-order valence-electron chi connectivity index (χ1n) is 10.4. The van der Waals surface area contributed by atoms with Crippen molar-refractivity contribution in [1.29, 1.82) is 0 Å². The van der Waals surface area contributed by atoms with Gasteiger partial charge in [-0.2, -0.15) is 0 Å². The molecule has 0 bridgehead atoms. The number of esters is 1. The second-order valence-electron chi connectivity index (χ2n) is 7.76. The fourth-order valence-electron chi connectivity index (χ4n) is 4.07. The number of aryl methyl sites for hydroxylation is 1. The Morgan fingerprint density at radius 2 is 1.47 bits per heavy atom. The van der Waals surface area contributed by atoms with Gasteiger partial charge in [-0.1, -0.05) is 91.0 Å². The number of carbonyl (C=O) groups excluding carboxylic acids is 1. The Balaban J connectivity index is 1.60. The topological polar surface area (TPSA) is 46.5 Å². The van der Waals surface area contributed by atoms with Crippen molar-refractivity contribution >= 4 is 5.97 Å². The van der Waals surface area contributed by atoms with Crippen molar-refractivity contribution in [3.05, 3.63) is 119 Å². The number of hydrogen-bond donors (Lipinski definition) is 1. The molecule has 3 aromatic rings. The summed E-state index contributed by atoms with van der Waals surface area (Å²) in [6.07, 6.45) is 6.06. The number of aliphatic hydroxyl groups is 1. The molecular weight excluding hydrogens is 372 g/mol. The zero-order chi connectivity index (χ0) is 20.8. The maximum Gasteiger partial charge on any atom is 0.314 e. The van der Waals surface area contributed by atoms with E-state index >= 15 is 0 Å². The van der Waals surface area contributed by atoms with Crippen molar-refractivity contribution in [2.45, 2.75) is 31.5 Å². The maximum absolute atomic E-state index is 13.1. The van der Waals surface area contributed by atoms with Gasteiger partial charge in [0.05, 0.1) is 12.5 Å². The van der Waals surface area contributed by atoms with Crippen molar-refractivity contribution in [3.8, 4) is 0 Å². The lowest BCUT2D eigenvalue weighted by molar-refractivity contribution is -0.162. The van der Waals surface area contributed by atoms with E-state index in [-0.39, 0.29) is 18.5 Å². The SMILES string of the molecule is O=C1OC(CCc2ccccc2)(c2ccccc2)C=CC1Cc1ccccc1CO. The van der Waals surface area contributed by atoms with Gasteiger partial charge in [-0.05, 0) is 47.6 Å². The highest BCUT2D eigenvalue weighted by Crippen LogP contribution is 2.38. The van der Waals surface area contributed by atoms with Crippen LogP contribution in [0, 0.1) is 5.92 Å². The Bertz CT molecular complexity index is 1010. The van der Waals surface area contributed by atoms with Crippen LogP contribution in [0.5, 0.6) is 0 Å². The van der Waals surface area contributed by atoms with Crippen molar-refractivity contribution in [2.24, 2.45) is 5.92 Å². The molecule has 1 aliphatic heterocycles. The van der Waals surface area contributed by atoms with Crippen LogP contribution in [-0.4, -0.2) is 11.1 Å². The molecule has 3 nitrogen and oxygen atoms in total. The fraction of sp³-hybridized carbons (Fsp3) is 0.222. The van der Waals surface area contributed by atoms with Crippen LogP contribution in [0.25, 0.3) is 0 Å². The van der Waals surface area contributed by atoms with Gasteiger partial charge >= 0.3 is 5.97 Å². The highest BCUT2D eigenvalue weighted by atomic mass is 16.6. The summed E-state index contributed by atoms with van der Waals surface area (Å²) in [5.41, 5.74) is 3.27. The molecule has 0 saturated carbocycles. The second-order valence-corrected chi connectivity index (χ2v) is 7.76. The van der Waals surface area contributed by atoms with Crippen LogP contribution < -0.4 is 0 Å². The zero-order valence-corrected chi connectivity index (χ0v) is 16.9. The molecule has 1 aliphatic rings. The molecule has 0 amide bonds. The average Bonchev–Trinajstić information content (AvgIpc) is 2.81. The van der Waals surface area contributed by atoms with E-state index in [0.717, 1.165) is 23.1 Å². The van der Waals surface area contributed by atoms with E-state index in [2.05, 4.69) is 18.2 Å². The molecule has 1 N–H and O–H groups in total. The Morgan fingerprint density at radius 1 is 0.833 bits per heavy atom. The van der Waals surface area contributed by atoms with Gasteiger partial charge in [0.1, 0.15) is 0 Å². The van der Waals surface area contributed by atoms with Gasteiger partial charge < -0.3 is 9.84 Å². The third-order valence-corrected chi connectivity index (χ3v) is 5.80. The van der Waals surface area contributed by atoms with Crippen LogP contribution in [0.1, 0.15) is 28.7 Å². The predicted octanol–water partition coefficient (Wildman–Crippen LogP) is 4.98. The lowest BCUT2D eigenvalue weighted by Crippen LogP contribution is -2.38. The van der Waals surface area contributed by atoms with E-state index in [9.17, 15) is 9.90 Å². The van der Waals surface area contributed by atoms with Gasteiger partial charge in [-0.25, -0.2) is 0 Å². The minimum Gasteiger partial charge on any atom is -0.449 e. The van der Waals surface area contributed by atoms with Crippen LogP contribution >= 0.6 is 0 Å². The van der Waals surface area contributed by atoms with Crippen molar-refractivity contribution < 1.29 is 14.6 Å². The van der Waals surface area contributed by atoms with Gasteiger partial charge in [0.2, 0.25) is 0 Å². The van der Waals surface area contributed by atoms with Crippen LogP contribution in [0.15, 0.2) is 97.1 Å². The van der Waals surface area contributed by atoms with Crippen molar-refractivity contribution in [3.63, 3.8) is 0 Å². The number of benzene rings is 3. The lowest BCUT2D eigenvalue weighted by Gasteiger charge is -2.36. The highest BCUT2D eigenvalue weighted by Gasteiger charge is 2.39. The number of ether oxygens (including phenoxy) is 1. The smallest absolute Gasteiger partial charge is 0.314 e. The highest BCUT2D eigenvalue weighted by molar-refractivity contribution is 5.77. The number of aliphatic hydroxyl groups excluding tert-OH is 1. The Kier molecular flexibility index (Phi) is 6.10. The summed E-state index contributed by atoms with van der Waals surface area (Å²) in [4.78, 5) is 13.1. The predicted molar refractivity (Wildman–Crippen MR) is 118 cm³/mol. The Hall–Kier alpha value is -3.17. The first kappa shape index (κ1) is 20.1. The van der Waals surface area contributed by atoms with Crippen molar-refractivity contribution in [1.82, 2.24) is 0 Å². The van der Waals surface area contributed by atoms with Crippen LogP contribution in [0.2, 0.25) is 0 Å². The Labute approximate surface area is 177 Å². The Morgan fingerprint density at radius 3 is 2.13 bits per heavy atom. The minimum atomic E-state index is -0.763. The van der Waals surface area contributed by atoms with E-state index in [0.29, 0.717) is 12.8 Å². The summed E-state index contributed by atoms with van der Waals surface area (Å²) < 4.78 is 6.15. The van der Waals surface area contributed by atoms with E-state index in [1.54, 1.807) is 0 Å². The number of cyclic esters (lactones) is 1. The molecule has 1 heterocycles. The van der Waals surface area contributed by atoms with E-state index < -0.39 is 5.60 Å². The third-order valence-electron chi connectivity index (χ3n) is 5.80. The molecule has 0 aromatic heterocycles. The largest absolute Gasteiger partial charge is 0.449 e. The van der Waals surface area contributed by atoms with Crippen LogP contribution in [0.4, 0.5) is 0 Å². The molecule has 0 aliphatic carbocycles. The average molecular weight is 399 g/mol. The summed E-state index contributed by atoms with van der Waals surface area (Å²) in [5, 5.41) is 9.59. The summed E-state index contributed by atoms with van der Waals surface area (Å²) in [6.45, 7) is -0.0350. The van der Waals surface area contributed by atoms with Gasteiger partial charge in [-0.15, -0.1) is 0 Å². The zero-order valence-electron chi connectivity index (χ0n) is 16.9. The minimum absolute atomic E-state index is 0.0350. The number of rotatable bonds is 7. The molecule has 0 radical (unpaired) electrons. The fourth-order valence-corrected chi connectivity index (χ4v) is 4.07. The molecule has 3 aromatic carbocycles. The first-order valence-corrected chi connectivity index (χ1v) is 10.4. The summed E-state index contributed by atoms with van der Waals surface area (Å²) in [5.74, 6) is -0.576. The summed E-state index contributed by atoms with van der Waals surface area (Å²) in [7, 11) is 0. The molecule has 2 unspecified atom stereocenters. The molecule has 0 saturated heterocycles. The molecular formula is C27H26O3. The van der Waals surface area contributed by atoms with Gasteiger partial charge in [-0.3, -0.25) is 4.79 Å². The van der Waals surface area contributed by atoms with E-state index in [1.165, 1.54) is 5.56 Å². The standard InChI is InChI=1S/C27H26O3/c28-20-24-12-8-7-11-22(24)19-23-16-18-27(30-26(23)29,25-13-5-2-6-14-25)17-15-21-9-3-1-4-10-21/h1-14,16,18,23,28H,15,17,19-20H2. The van der Waals surface area contributed by atoms with E-state index in [1.807, 2.05) is 78.9 Å². The second kappa shape index (κ2) is 9.10. The molecule has 0 spiro atoms. The van der Waals surface area contributed by atoms with Crippen LogP contribution in [-0.2, 0) is 34.6 Å². The molecule has 2 atom stereocenters. The van der Waals surface area contributed by atoms with E-state index in [4.69, 9.17) is 4.74 Å². The molecule has 0 fully saturated rings. The monoisotopic (exact) mass is 398 g/mol. The van der Waals surface area contributed by atoms with Gasteiger partial charge in [0, 0.05) is 0 Å². The summed E-state index contributed by atoms with van der Waals surface area (Å²) >= 11 is 0. The number of carbonyl (C=O) groups is 1. The molecule has 152 valence electrons. The van der Waals surface area contributed by atoms with Crippen molar-refractivity contribution in [2.75, 3.05) is 0 Å². The van der Waals surface area contributed by atoms with Gasteiger partial charge in [0.25, 0.3) is 0 Å². The lowest BCUT2D eigenvalue weighted by atomic mass is 9.83. The molecule has 4 rings (SSSR count). The quantitative estimate of drug-likeness (QED) is 0.451. The molecule has 30 heavy (non-hydrogen) atoms. The number of hydrogen-bond acceptors (Lipinski definition) is 3. The van der Waals surface area contributed by atoms with Gasteiger partial charge in [0.15, 0.2) is 5.60 Å². The summed E-state index contributed by atoms with van der Waals surface area (Å²) in [6, 6.07) is 27.9. The van der Waals surface area contributed by atoms with Crippen LogP contribution in [0.3, 0.4) is 0 Å². The maximum atomic E-state index is 13.1. The normalized spacial score (nSPS) is 20.7. The third kappa shape index (κ3) is 4.37. The first-order chi connectivity index (χ1) is 14.7.